The largest absolute Gasteiger partial charge is 0.610 e. The van der Waals surface area contributed by atoms with Crippen LogP contribution in [-0.4, -0.2) is 18.2 Å². The molecule has 0 fully saturated rings. The highest BCUT2D eigenvalue weighted by Crippen LogP contribution is 2.33. The zero-order chi connectivity index (χ0) is 11.1. The summed E-state index contributed by atoms with van der Waals surface area (Å²) in [4.78, 5) is 11.1. The number of halogens is 1. The van der Waals surface area contributed by atoms with E-state index in [1.54, 1.807) is 0 Å². The van der Waals surface area contributed by atoms with Crippen molar-refractivity contribution >= 4 is 18.5 Å². The molecule has 0 aromatic rings. The summed E-state index contributed by atoms with van der Waals surface area (Å²) < 4.78 is 11.0. The predicted molar refractivity (Wildman–Crippen MR) is 56.9 cm³/mol. The number of nitrogens with zero attached hydrogens (tertiary/aromatic N) is 1. The zero-order valence-corrected chi connectivity index (χ0v) is 10.7. The first kappa shape index (κ1) is 14.3. The molecule has 0 saturated carbocycles. The third-order valence-electron chi connectivity index (χ3n) is 1.17. The van der Waals surface area contributed by atoms with E-state index in [-0.39, 0.29) is 0 Å². The number of hydrogen-bond acceptors (Lipinski definition) is 3. The van der Waals surface area contributed by atoms with Crippen LogP contribution in [0.25, 0.3) is 0 Å². The topological polar surface area (TPSA) is 38.8 Å². The van der Waals surface area contributed by atoms with Crippen LogP contribution in [0.5, 0.6) is 0 Å². The summed E-state index contributed by atoms with van der Waals surface area (Å²) in [6, 6.07) is 0. The van der Waals surface area contributed by atoms with Gasteiger partial charge in [0.1, 0.15) is 0 Å². The molecule has 0 aliphatic rings. The highest BCUT2D eigenvalue weighted by atomic mass is 35.7. The minimum absolute atomic E-state index is 0.340. The van der Waals surface area contributed by atoms with Crippen molar-refractivity contribution in [2.24, 2.45) is 11.8 Å². The zero-order valence-electron chi connectivity index (χ0n) is 9.07. The third kappa shape index (κ3) is 7.65. The van der Waals surface area contributed by atoms with E-state index in [9.17, 15) is 4.57 Å². The van der Waals surface area contributed by atoms with E-state index in [2.05, 4.69) is 0 Å². The SMILES string of the molecule is CC(C)CON(OCC(C)C)[P+](=O)Cl. The third-order valence-corrected chi connectivity index (χ3v) is 2.02. The summed E-state index contributed by atoms with van der Waals surface area (Å²) >= 11 is 5.40. The first-order chi connectivity index (χ1) is 6.43. The number of rotatable bonds is 7. The van der Waals surface area contributed by atoms with E-state index >= 15 is 0 Å². The Morgan fingerprint density at radius 1 is 1.14 bits per heavy atom. The molecular weight excluding hydrogens is 225 g/mol. The second kappa shape index (κ2) is 7.55. The average molecular weight is 243 g/mol. The standard InChI is InChI=1S/C8H18ClNO3P/c1-7(2)5-12-10(14(9)11)13-6-8(3)4/h7-8H,5-6H2,1-4H3/q+1. The second-order valence-electron chi connectivity index (χ2n) is 3.84. The van der Waals surface area contributed by atoms with E-state index in [4.69, 9.17) is 20.9 Å². The molecule has 0 heterocycles. The summed E-state index contributed by atoms with van der Waals surface area (Å²) in [7, 11) is -2.11. The molecule has 6 heteroatoms. The Kier molecular flexibility index (Phi) is 7.69. The maximum absolute atomic E-state index is 11.0. The summed E-state index contributed by atoms with van der Waals surface area (Å²) in [5.74, 6) is 0.679. The van der Waals surface area contributed by atoms with Gasteiger partial charge < -0.3 is 0 Å². The molecule has 0 radical (unpaired) electrons. The molecule has 0 aromatic carbocycles. The summed E-state index contributed by atoms with van der Waals surface area (Å²) in [6.07, 6.45) is 0. The Balaban J connectivity index is 3.84. The molecule has 84 valence electrons. The van der Waals surface area contributed by atoms with Gasteiger partial charge in [-0.2, -0.15) is 0 Å². The van der Waals surface area contributed by atoms with Gasteiger partial charge in [0.05, 0.1) is 13.2 Å². The van der Waals surface area contributed by atoms with Crippen LogP contribution in [0.15, 0.2) is 0 Å². The molecule has 14 heavy (non-hydrogen) atoms. The maximum atomic E-state index is 11.0. The van der Waals surface area contributed by atoms with Crippen LogP contribution in [-0.2, 0) is 14.2 Å². The van der Waals surface area contributed by atoms with Gasteiger partial charge in [-0.1, -0.05) is 27.7 Å². The van der Waals surface area contributed by atoms with E-state index in [0.717, 1.165) is 5.00 Å². The fraction of sp³-hybridized carbons (Fsp3) is 1.00. The fourth-order valence-corrected chi connectivity index (χ4v) is 1.13. The van der Waals surface area contributed by atoms with Gasteiger partial charge in [0.2, 0.25) is 11.2 Å². The molecule has 0 spiro atoms. The lowest BCUT2D eigenvalue weighted by atomic mass is 10.2. The van der Waals surface area contributed by atoms with Crippen molar-refractivity contribution < 1.29 is 14.2 Å². The quantitative estimate of drug-likeness (QED) is 0.507. The second-order valence-corrected chi connectivity index (χ2v) is 5.49. The van der Waals surface area contributed by atoms with Gasteiger partial charge >= 0.3 is 7.30 Å². The normalized spacial score (nSPS) is 13.0. The van der Waals surface area contributed by atoms with Gasteiger partial charge in [-0.25, -0.2) is 9.68 Å². The average Bonchev–Trinajstić information content (AvgIpc) is 2.02. The van der Waals surface area contributed by atoms with Crippen molar-refractivity contribution in [3.63, 3.8) is 0 Å². The first-order valence-electron chi connectivity index (χ1n) is 4.62. The van der Waals surface area contributed by atoms with Gasteiger partial charge in [-0.3, -0.25) is 0 Å². The lowest BCUT2D eigenvalue weighted by Gasteiger charge is -2.11. The Hall–Kier alpha value is 0.270. The van der Waals surface area contributed by atoms with E-state index in [1.807, 2.05) is 27.7 Å². The van der Waals surface area contributed by atoms with E-state index in [0.29, 0.717) is 25.0 Å². The monoisotopic (exact) mass is 242 g/mol. The molecule has 0 bridgehead atoms. The van der Waals surface area contributed by atoms with Crippen LogP contribution >= 0.6 is 18.5 Å². The van der Waals surface area contributed by atoms with Crippen molar-refractivity contribution in [1.82, 2.24) is 5.00 Å². The van der Waals surface area contributed by atoms with Crippen LogP contribution < -0.4 is 0 Å². The molecule has 0 saturated heterocycles. The molecule has 0 aliphatic heterocycles. The Morgan fingerprint density at radius 2 is 1.50 bits per heavy atom. The van der Waals surface area contributed by atoms with Crippen LogP contribution in [0.2, 0.25) is 0 Å². The molecule has 0 aromatic heterocycles. The summed E-state index contributed by atoms with van der Waals surface area (Å²) in [5.41, 5.74) is 0. The minimum atomic E-state index is -2.11. The van der Waals surface area contributed by atoms with Crippen molar-refractivity contribution in [1.29, 1.82) is 0 Å². The molecule has 0 N–H and O–H groups in total. The number of hydrogen-bond donors (Lipinski definition) is 0. The molecule has 0 aliphatic carbocycles. The van der Waals surface area contributed by atoms with Gasteiger partial charge in [0.15, 0.2) is 5.00 Å². The van der Waals surface area contributed by atoms with Gasteiger partial charge in [0, 0.05) is 0 Å². The van der Waals surface area contributed by atoms with Crippen LogP contribution in [0.3, 0.4) is 0 Å². The van der Waals surface area contributed by atoms with Crippen molar-refractivity contribution in [2.75, 3.05) is 13.2 Å². The van der Waals surface area contributed by atoms with Gasteiger partial charge in [0.25, 0.3) is 0 Å². The Bertz CT molecular complexity index is 166. The molecular formula is C8H18ClNO3P+. The highest BCUT2D eigenvalue weighted by molar-refractivity contribution is 7.71. The lowest BCUT2D eigenvalue weighted by Crippen LogP contribution is -2.21. The minimum Gasteiger partial charge on any atom is -0.233 e. The smallest absolute Gasteiger partial charge is 0.233 e. The first-order valence-corrected chi connectivity index (χ1v) is 6.74. The van der Waals surface area contributed by atoms with E-state index in [1.165, 1.54) is 0 Å². The summed E-state index contributed by atoms with van der Waals surface area (Å²) in [5, 5.41) is 0. The van der Waals surface area contributed by atoms with Crippen molar-refractivity contribution in [3.05, 3.63) is 0 Å². The van der Waals surface area contributed by atoms with Gasteiger partial charge in [-0.05, 0) is 16.4 Å². The molecule has 0 rings (SSSR count). The molecule has 1 atom stereocenters. The van der Waals surface area contributed by atoms with Crippen molar-refractivity contribution in [3.8, 4) is 0 Å². The highest BCUT2D eigenvalue weighted by Gasteiger charge is 2.29. The fourth-order valence-electron chi connectivity index (χ4n) is 0.554. The van der Waals surface area contributed by atoms with Crippen molar-refractivity contribution in [2.45, 2.75) is 27.7 Å². The maximum Gasteiger partial charge on any atom is 0.610 e. The lowest BCUT2D eigenvalue weighted by molar-refractivity contribution is -0.307. The summed E-state index contributed by atoms with van der Waals surface area (Å²) in [6.45, 7) is 8.82. The molecule has 4 nitrogen and oxygen atoms in total. The van der Waals surface area contributed by atoms with E-state index < -0.39 is 7.30 Å². The molecule has 0 amide bonds. The Labute approximate surface area is 91.0 Å². The predicted octanol–water partition coefficient (Wildman–Crippen LogP) is 3.36. The van der Waals surface area contributed by atoms with Crippen LogP contribution in [0.4, 0.5) is 0 Å². The van der Waals surface area contributed by atoms with Gasteiger partial charge in [-0.15, -0.1) is 0 Å². The Morgan fingerprint density at radius 3 is 1.71 bits per heavy atom. The van der Waals surface area contributed by atoms with Crippen LogP contribution in [0.1, 0.15) is 27.7 Å². The van der Waals surface area contributed by atoms with Crippen LogP contribution in [0, 0.1) is 11.8 Å². The molecule has 1 unspecified atom stereocenters.